The van der Waals surface area contributed by atoms with Crippen molar-refractivity contribution in [2.45, 2.75) is 50.9 Å². The normalized spacial score (nSPS) is 24.7. The van der Waals surface area contributed by atoms with Crippen LogP contribution in [-0.2, 0) is 20.9 Å². The Morgan fingerprint density at radius 1 is 1.00 bits per heavy atom. The number of imide groups is 1. The monoisotopic (exact) mass is 521 g/mol. The summed E-state index contributed by atoms with van der Waals surface area (Å²) in [6.45, 7) is 2.90. The van der Waals surface area contributed by atoms with Crippen LogP contribution in [0.15, 0.2) is 70.4 Å². The maximum absolute atomic E-state index is 13.1. The van der Waals surface area contributed by atoms with Crippen LogP contribution in [0.3, 0.4) is 0 Å². The van der Waals surface area contributed by atoms with Gasteiger partial charge in [-0.15, -0.1) is 5.06 Å². The number of ether oxygens (including phenoxy) is 2. The molecule has 3 aromatic rings. The van der Waals surface area contributed by atoms with Gasteiger partial charge in [-0.05, 0) is 31.0 Å². The predicted octanol–water partition coefficient (Wildman–Crippen LogP) is 1.70. The number of carbonyl (C=O) groups is 2. The number of hydrogen-bond donors (Lipinski definition) is 2. The van der Waals surface area contributed by atoms with E-state index in [0.29, 0.717) is 5.06 Å². The molecule has 5 rings (SSSR count). The van der Waals surface area contributed by atoms with Crippen LogP contribution in [0.4, 0.5) is 0 Å². The minimum Gasteiger partial charge on any atom is -0.393 e. The van der Waals surface area contributed by atoms with Crippen molar-refractivity contribution in [3.63, 3.8) is 0 Å². The molecule has 3 heterocycles. The van der Waals surface area contributed by atoms with Gasteiger partial charge in [0.05, 0.1) is 24.3 Å². The maximum atomic E-state index is 13.1. The summed E-state index contributed by atoms with van der Waals surface area (Å²) in [6, 6.07) is 15.6. The molecule has 4 atom stereocenters. The number of amides is 2. The quantitative estimate of drug-likeness (QED) is 0.427. The molecule has 0 radical (unpaired) electrons. The molecule has 11 heteroatoms. The molecule has 1 aromatic heterocycles. The summed E-state index contributed by atoms with van der Waals surface area (Å²) in [4.78, 5) is 59.4. The summed E-state index contributed by atoms with van der Waals surface area (Å²) < 4.78 is 13.6. The summed E-state index contributed by atoms with van der Waals surface area (Å²) in [5.41, 5.74) is -1.29. The molecular weight excluding hydrogens is 494 g/mol. The number of aliphatic hydroxyl groups is 1. The van der Waals surface area contributed by atoms with Crippen LogP contribution in [0.25, 0.3) is 0 Å². The molecule has 0 saturated carbocycles. The Kier molecular flexibility index (Phi) is 6.84. The first-order chi connectivity index (χ1) is 18.3. The number of nitrogens with zero attached hydrogens (tertiary/aromatic N) is 2. The Bertz CT molecular complexity index is 1440. The molecule has 0 spiro atoms. The topological polar surface area (TPSA) is 140 Å². The molecule has 2 aliphatic heterocycles. The zero-order chi connectivity index (χ0) is 27.0. The molecule has 2 aliphatic rings. The third-order valence-electron chi connectivity index (χ3n) is 7.00. The van der Waals surface area contributed by atoms with Gasteiger partial charge in [-0.25, -0.2) is 4.79 Å². The standard InChI is InChI=1S/C27H27N3O8/c1-3-27(15-31)21(36-14-17-9-5-4-6-10-17)20(25(37-27)29-13-16(2)22(32)28-26(29)35)38-30-23(33)18-11-7-8-12-19(18)24(30)34/h4-13,20-21,25,31H,3,14-15H2,1-2H3,(H,28,32,35)/t20-,21?,25+,27-/m0/s1. The second kappa shape index (κ2) is 10.1. The van der Waals surface area contributed by atoms with Crippen molar-refractivity contribution in [2.24, 2.45) is 0 Å². The zero-order valence-electron chi connectivity index (χ0n) is 20.8. The van der Waals surface area contributed by atoms with Crippen LogP contribution in [0, 0.1) is 6.92 Å². The first-order valence-corrected chi connectivity index (χ1v) is 12.2. The third kappa shape index (κ3) is 4.29. The fraction of sp³-hybridized carbons (Fsp3) is 0.333. The lowest BCUT2D eigenvalue weighted by molar-refractivity contribution is -0.187. The minimum atomic E-state index is -1.35. The first-order valence-electron chi connectivity index (χ1n) is 12.2. The number of rotatable bonds is 8. The lowest BCUT2D eigenvalue weighted by atomic mass is 9.93. The first kappa shape index (κ1) is 25.7. The number of aliphatic hydroxyl groups excluding tert-OH is 1. The second-order valence-corrected chi connectivity index (χ2v) is 9.30. The molecule has 11 nitrogen and oxygen atoms in total. The summed E-state index contributed by atoms with van der Waals surface area (Å²) >= 11 is 0. The highest BCUT2D eigenvalue weighted by atomic mass is 16.7. The van der Waals surface area contributed by atoms with Crippen LogP contribution in [0.2, 0.25) is 0 Å². The largest absolute Gasteiger partial charge is 0.393 e. The average molecular weight is 522 g/mol. The van der Waals surface area contributed by atoms with Crippen molar-refractivity contribution in [3.05, 3.63) is 104 Å². The molecule has 0 aliphatic carbocycles. The summed E-state index contributed by atoms with van der Waals surface area (Å²) in [7, 11) is 0. The van der Waals surface area contributed by atoms with Crippen LogP contribution < -0.4 is 11.2 Å². The van der Waals surface area contributed by atoms with E-state index in [1.54, 1.807) is 19.1 Å². The smallest absolute Gasteiger partial charge is 0.330 e. The molecule has 38 heavy (non-hydrogen) atoms. The third-order valence-corrected chi connectivity index (χ3v) is 7.00. The number of hydroxylamine groups is 2. The lowest BCUT2D eigenvalue weighted by Gasteiger charge is -2.33. The maximum Gasteiger partial charge on any atom is 0.330 e. The minimum absolute atomic E-state index is 0.102. The van der Waals surface area contributed by atoms with Crippen molar-refractivity contribution in [3.8, 4) is 0 Å². The number of aryl methyl sites for hydroxylation is 1. The Labute approximate surface area is 217 Å². The van der Waals surface area contributed by atoms with Crippen molar-refractivity contribution < 1.29 is 29.0 Å². The number of H-pyrrole nitrogens is 1. The Morgan fingerprint density at radius 3 is 2.24 bits per heavy atom. The molecule has 198 valence electrons. The Morgan fingerprint density at radius 2 is 1.63 bits per heavy atom. The van der Waals surface area contributed by atoms with E-state index in [4.69, 9.17) is 14.3 Å². The Hall–Kier alpha value is -3.90. The highest BCUT2D eigenvalue weighted by Gasteiger charge is 2.58. The van der Waals surface area contributed by atoms with Gasteiger partial charge in [0, 0.05) is 11.8 Å². The van der Waals surface area contributed by atoms with Gasteiger partial charge >= 0.3 is 5.69 Å². The molecule has 1 saturated heterocycles. The number of hydrogen-bond acceptors (Lipinski definition) is 8. The van der Waals surface area contributed by atoms with E-state index in [0.717, 1.165) is 10.1 Å². The molecule has 2 aromatic carbocycles. The van der Waals surface area contributed by atoms with Gasteiger partial charge < -0.3 is 14.6 Å². The van der Waals surface area contributed by atoms with Crippen molar-refractivity contribution in [2.75, 3.05) is 6.61 Å². The highest BCUT2D eigenvalue weighted by molar-refractivity contribution is 6.20. The van der Waals surface area contributed by atoms with E-state index < -0.39 is 53.7 Å². The molecule has 2 N–H and O–H groups in total. The fourth-order valence-electron chi connectivity index (χ4n) is 4.84. The van der Waals surface area contributed by atoms with E-state index >= 15 is 0 Å². The van der Waals surface area contributed by atoms with Gasteiger partial charge in [0.25, 0.3) is 17.4 Å². The second-order valence-electron chi connectivity index (χ2n) is 9.30. The summed E-state index contributed by atoms with van der Waals surface area (Å²) in [5.74, 6) is -1.34. The van der Waals surface area contributed by atoms with Gasteiger partial charge in [0.15, 0.2) is 12.3 Å². The van der Waals surface area contributed by atoms with Crippen LogP contribution in [-0.4, -0.2) is 56.0 Å². The summed E-state index contributed by atoms with van der Waals surface area (Å²) in [6.07, 6.45) is -1.96. The van der Waals surface area contributed by atoms with Crippen molar-refractivity contribution in [1.29, 1.82) is 0 Å². The molecule has 2 amide bonds. The van der Waals surface area contributed by atoms with E-state index in [2.05, 4.69) is 4.98 Å². The number of nitrogens with one attached hydrogen (secondary N) is 1. The number of benzene rings is 2. The molecule has 1 fully saturated rings. The molecular formula is C27H27N3O8. The van der Waals surface area contributed by atoms with Crippen molar-refractivity contribution in [1.82, 2.24) is 14.6 Å². The SMILES string of the molecule is CC[C@@]1(CO)O[C@@H](n2cc(C)c(=O)[nH]c2=O)[C@@H](ON2C(=O)c3ccccc3C2=O)C1OCc1ccccc1. The van der Waals surface area contributed by atoms with E-state index in [1.165, 1.54) is 25.3 Å². The number of aromatic nitrogens is 2. The molecule has 0 bridgehead atoms. The number of aromatic amines is 1. The van der Waals surface area contributed by atoms with E-state index in [-0.39, 0.29) is 29.7 Å². The van der Waals surface area contributed by atoms with Gasteiger partial charge in [-0.3, -0.25) is 28.8 Å². The highest BCUT2D eigenvalue weighted by Crippen LogP contribution is 2.43. The van der Waals surface area contributed by atoms with Crippen molar-refractivity contribution >= 4 is 11.8 Å². The number of carbonyl (C=O) groups excluding carboxylic acids is 2. The number of fused-ring (bicyclic) bond motifs is 1. The van der Waals surface area contributed by atoms with Gasteiger partial charge in [0.1, 0.15) is 11.7 Å². The predicted molar refractivity (Wildman–Crippen MR) is 133 cm³/mol. The zero-order valence-corrected chi connectivity index (χ0v) is 20.8. The average Bonchev–Trinajstić information content (AvgIpc) is 3.37. The lowest BCUT2D eigenvalue weighted by Crippen LogP contribution is -2.50. The van der Waals surface area contributed by atoms with Crippen LogP contribution in [0.1, 0.15) is 51.4 Å². The fourth-order valence-corrected chi connectivity index (χ4v) is 4.84. The Balaban J connectivity index is 1.58. The van der Waals surface area contributed by atoms with Crippen LogP contribution in [0.5, 0.6) is 0 Å². The van der Waals surface area contributed by atoms with E-state index in [1.807, 2.05) is 30.3 Å². The van der Waals surface area contributed by atoms with Gasteiger partial charge in [-0.2, -0.15) is 0 Å². The summed E-state index contributed by atoms with van der Waals surface area (Å²) in [5, 5.41) is 11.1. The van der Waals surface area contributed by atoms with Gasteiger partial charge in [0.2, 0.25) is 0 Å². The molecule has 1 unspecified atom stereocenters. The van der Waals surface area contributed by atoms with Crippen LogP contribution >= 0.6 is 0 Å². The van der Waals surface area contributed by atoms with Gasteiger partial charge in [-0.1, -0.05) is 49.4 Å². The van der Waals surface area contributed by atoms with E-state index in [9.17, 15) is 24.3 Å².